The van der Waals surface area contributed by atoms with Crippen LogP contribution >= 0.6 is 12.2 Å². The van der Waals surface area contributed by atoms with E-state index in [9.17, 15) is 0 Å². The lowest BCUT2D eigenvalue weighted by Crippen LogP contribution is -2.50. The third kappa shape index (κ3) is 3.88. The lowest BCUT2D eigenvalue weighted by atomic mass is 10.1. The maximum Gasteiger partial charge on any atom is 0.173 e. The Labute approximate surface area is 150 Å². The Bertz CT molecular complexity index is 688. The molecule has 24 heavy (non-hydrogen) atoms. The fraction of sp³-hybridized carbons (Fsp3) is 0.350. The number of para-hydroxylation sites is 1. The Hall–Kier alpha value is -2.07. The highest BCUT2D eigenvalue weighted by molar-refractivity contribution is 7.80. The molecule has 0 amide bonds. The van der Waals surface area contributed by atoms with Gasteiger partial charge in [-0.1, -0.05) is 37.3 Å². The molecule has 4 heteroatoms. The molecule has 1 N–H and O–H groups in total. The van der Waals surface area contributed by atoms with Gasteiger partial charge in [0.25, 0.3) is 0 Å². The van der Waals surface area contributed by atoms with Crippen LogP contribution in [0.4, 0.5) is 11.4 Å². The number of anilines is 2. The van der Waals surface area contributed by atoms with E-state index in [2.05, 4.69) is 77.5 Å². The zero-order valence-corrected chi connectivity index (χ0v) is 15.3. The number of rotatable bonds is 3. The summed E-state index contributed by atoms with van der Waals surface area (Å²) in [5.74, 6) is 0. The number of nitrogens with zero attached hydrogens (tertiary/aromatic N) is 2. The van der Waals surface area contributed by atoms with Crippen molar-refractivity contribution in [2.24, 2.45) is 0 Å². The summed E-state index contributed by atoms with van der Waals surface area (Å²) in [5, 5.41) is 4.19. The largest absolute Gasteiger partial charge is 0.368 e. The predicted octanol–water partition coefficient (Wildman–Crippen LogP) is 4.08. The number of benzene rings is 2. The van der Waals surface area contributed by atoms with Gasteiger partial charge in [-0.25, -0.2) is 0 Å². The van der Waals surface area contributed by atoms with Crippen molar-refractivity contribution in [1.29, 1.82) is 0 Å². The maximum atomic E-state index is 5.59. The van der Waals surface area contributed by atoms with Crippen molar-refractivity contribution in [1.82, 2.24) is 4.90 Å². The van der Waals surface area contributed by atoms with E-state index in [4.69, 9.17) is 12.2 Å². The first-order valence-corrected chi connectivity index (χ1v) is 9.03. The summed E-state index contributed by atoms with van der Waals surface area (Å²) in [4.78, 5) is 4.71. The monoisotopic (exact) mass is 339 g/mol. The van der Waals surface area contributed by atoms with Gasteiger partial charge in [-0.3, -0.25) is 0 Å². The zero-order chi connectivity index (χ0) is 16.9. The molecule has 1 fully saturated rings. The van der Waals surface area contributed by atoms with Crippen molar-refractivity contribution in [2.75, 3.05) is 36.4 Å². The van der Waals surface area contributed by atoms with Gasteiger partial charge in [0.1, 0.15) is 0 Å². The lowest BCUT2D eigenvalue weighted by molar-refractivity contribution is 0.390. The van der Waals surface area contributed by atoms with Crippen LogP contribution in [0, 0.1) is 6.92 Å². The maximum absolute atomic E-state index is 5.59. The van der Waals surface area contributed by atoms with Gasteiger partial charge in [-0.2, -0.15) is 0 Å². The van der Waals surface area contributed by atoms with Crippen molar-refractivity contribution in [3.05, 3.63) is 59.7 Å². The van der Waals surface area contributed by atoms with Crippen LogP contribution in [0.15, 0.2) is 48.5 Å². The van der Waals surface area contributed by atoms with Crippen LogP contribution in [-0.4, -0.2) is 36.2 Å². The van der Waals surface area contributed by atoms with E-state index >= 15 is 0 Å². The fourth-order valence-electron chi connectivity index (χ4n) is 3.09. The van der Waals surface area contributed by atoms with Crippen molar-refractivity contribution in [3.8, 4) is 0 Å². The molecule has 2 aromatic rings. The molecule has 126 valence electrons. The molecule has 0 saturated carbocycles. The summed E-state index contributed by atoms with van der Waals surface area (Å²) >= 11 is 5.59. The summed E-state index contributed by atoms with van der Waals surface area (Å²) in [6, 6.07) is 17.1. The second-order valence-electron chi connectivity index (χ2n) is 6.24. The minimum atomic E-state index is 0.823. The number of thiocarbonyl (C=S) groups is 1. The average molecular weight is 340 g/mol. The van der Waals surface area contributed by atoms with E-state index in [1.54, 1.807) is 0 Å². The van der Waals surface area contributed by atoms with Crippen LogP contribution in [-0.2, 0) is 6.42 Å². The molecule has 1 heterocycles. The first-order valence-electron chi connectivity index (χ1n) is 8.63. The molecule has 0 unspecified atom stereocenters. The lowest BCUT2D eigenvalue weighted by Gasteiger charge is -2.38. The van der Waals surface area contributed by atoms with Gasteiger partial charge in [-0.05, 0) is 54.9 Å². The second kappa shape index (κ2) is 7.67. The summed E-state index contributed by atoms with van der Waals surface area (Å²) < 4.78 is 0. The molecule has 0 spiro atoms. The molecule has 3 nitrogen and oxygen atoms in total. The number of hydrogen-bond donors (Lipinski definition) is 1. The van der Waals surface area contributed by atoms with Gasteiger partial charge in [0, 0.05) is 37.6 Å². The van der Waals surface area contributed by atoms with Crippen LogP contribution in [0.25, 0.3) is 0 Å². The van der Waals surface area contributed by atoms with Crippen molar-refractivity contribution < 1.29 is 0 Å². The first-order chi connectivity index (χ1) is 11.7. The first kappa shape index (κ1) is 16.8. The van der Waals surface area contributed by atoms with Gasteiger partial charge in [-0.15, -0.1) is 0 Å². The molecule has 0 aromatic heterocycles. The third-order valence-corrected chi connectivity index (χ3v) is 5.00. The summed E-state index contributed by atoms with van der Waals surface area (Å²) in [5.41, 5.74) is 5.09. The van der Waals surface area contributed by atoms with Gasteiger partial charge in [0.15, 0.2) is 5.11 Å². The van der Waals surface area contributed by atoms with Crippen LogP contribution in [0.1, 0.15) is 18.1 Å². The number of hydrogen-bond acceptors (Lipinski definition) is 2. The van der Waals surface area contributed by atoms with Gasteiger partial charge in [0.05, 0.1) is 0 Å². The van der Waals surface area contributed by atoms with Crippen molar-refractivity contribution in [2.45, 2.75) is 20.3 Å². The molecular formula is C20H25N3S. The van der Waals surface area contributed by atoms with Crippen molar-refractivity contribution >= 4 is 28.7 Å². The molecule has 0 radical (unpaired) electrons. The van der Waals surface area contributed by atoms with Gasteiger partial charge in [0.2, 0.25) is 0 Å². The van der Waals surface area contributed by atoms with E-state index in [0.29, 0.717) is 0 Å². The average Bonchev–Trinajstić information content (AvgIpc) is 2.63. The Morgan fingerprint density at radius 1 is 1.00 bits per heavy atom. The zero-order valence-electron chi connectivity index (χ0n) is 14.5. The molecule has 1 aliphatic rings. The summed E-state index contributed by atoms with van der Waals surface area (Å²) in [7, 11) is 0. The normalized spacial score (nSPS) is 14.6. The molecule has 1 saturated heterocycles. The predicted molar refractivity (Wildman–Crippen MR) is 107 cm³/mol. The molecule has 0 bridgehead atoms. The molecule has 0 aliphatic carbocycles. The number of piperazine rings is 1. The van der Waals surface area contributed by atoms with Crippen LogP contribution in [0.2, 0.25) is 0 Å². The Balaban J connectivity index is 1.56. The SMILES string of the molecule is CCc1ccc(NC(=S)N2CCN(c3ccccc3C)CC2)cc1. The highest BCUT2D eigenvalue weighted by atomic mass is 32.1. The van der Waals surface area contributed by atoms with E-state index < -0.39 is 0 Å². The molecule has 3 rings (SSSR count). The van der Waals surface area contributed by atoms with E-state index in [1.807, 2.05) is 0 Å². The van der Waals surface area contributed by atoms with Gasteiger partial charge < -0.3 is 15.1 Å². The van der Waals surface area contributed by atoms with Crippen LogP contribution in [0.3, 0.4) is 0 Å². The summed E-state index contributed by atoms with van der Waals surface area (Å²) in [6.07, 6.45) is 1.06. The quantitative estimate of drug-likeness (QED) is 0.849. The van der Waals surface area contributed by atoms with E-state index in [0.717, 1.165) is 43.4 Å². The minimum absolute atomic E-state index is 0.823. The fourth-order valence-corrected chi connectivity index (χ4v) is 3.40. The van der Waals surface area contributed by atoms with Crippen LogP contribution in [0.5, 0.6) is 0 Å². The molecule has 1 aliphatic heterocycles. The van der Waals surface area contributed by atoms with E-state index in [-0.39, 0.29) is 0 Å². The standard InChI is InChI=1S/C20H25N3S/c1-3-17-8-10-18(11-9-17)21-20(24)23-14-12-22(13-15-23)19-7-5-4-6-16(19)2/h4-11H,3,12-15H2,1-2H3,(H,21,24). The highest BCUT2D eigenvalue weighted by Gasteiger charge is 2.20. The van der Waals surface area contributed by atoms with Crippen LogP contribution < -0.4 is 10.2 Å². The van der Waals surface area contributed by atoms with E-state index in [1.165, 1.54) is 16.8 Å². The summed E-state index contributed by atoms with van der Waals surface area (Å²) in [6.45, 7) is 8.25. The Kier molecular flexibility index (Phi) is 5.36. The third-order valence-electron chi connectivity index (χ3n) is 4.64. The molecular weight excluding hydrogens is 314 g/mol. The Morgan fingerprint density at radius 2 is 1.67 bits per heavy atom. The molecule has 2 aromatic carbocycles. The second-order valence-corrected chi connectivity index (χ2v) is 6.63. The minimum Gasteiger partial charge on any atom is -0.368 e. The number of aryl methyl sites for hydroxylation is 2. The topological polar surface area (TPSA) is 18.5 Å². The van der Waals surface area contributed by atoms with Crippen molar-refractivity contribution in [3.63, 3.8) is 0 Å². The smallest absolute Gasteiger partial charge is 0.173 e. The Morgan fingerprint density at radius 3 is 2.29 bits per heavy atom. The highest BCUT2D eigenvalue weighted by Crippen LogP contribution is 2.21. The van der Waals surface area contributed by atoms with Gasteiger partial charge >= 0.3 is 0 Å². The molecule has 0 atom stereocenters. The number of nitrogens with one attached hydrogen (secondary N) is 1.